The van der Waals surface area contributed by atoms with E-state index in [-0.39, 0.29) is 24.3 Å². The maximum atomic E-state index is 11.9. The molecule has 2 aromatic rings. The van der Waals surface area contributed by atoms with Gasteiger partial charge in [-0.05, 0) is 32.9 Å². The number of alkyl carbamates (subject to hydrolysis) is 1. The first-order valence-electron chi connectivity index (χ1n) is 8.45. The van der Waals surface area contributed by atoms with E-state index in [4.69, 9.17) is 4.74 Å². The van der Waals surface area contributed by atoms with E-state index in [2.05, 4.69) is 15.7 Å². The second kappa shape index (κ2) is 8.46. The third-order valence-electron chi connectivity index (χ3n) is 3.43. The van der Waals surface area contributed by atoms with Crippen LogP contribution in [-0.2, 0) is 16.1 Å². The molecule has 140 valence electrons. The summed E-state index contributed by atoms with van der Waals surface area (Å²) in [7, 11) is 0. The molecule has 0 saturated carbocycles. The van der Waals surface area contributed by atoms with Gasteiger partial charge in [-0.15, -0.1) is 0 Å². The number of amides is 2. The van der Waals surface area contributed by atoms with Crippen molar-refractivity contribution in [3.05, 3.63) is 40.7 Å². The summed E-state index contributed by atoms with van der Waals surface area (Å²) in [6.45, 7) is 6.28. The number of benzene rings is 1. The summed E-state index contributed by atoms with van der Waals surface area (Å²) in [6, 6.07) is 7.14. The van der Waals surface area contributed by atoms with Crippen LogP contribution in [0.25, 0.3) is 10.9 Å². The molecule has 0 atom stereocenters. The number of hydrogen-bond acceptors (Lipinski definition) is 5. The molecule has 1 heterocycles. The number of rotatable bonds is 6. The van der Waals surface area contributed by atoms with Gasteiger partial charge in [0.05, 0.1) is 18.3 Å². The van der Waals surface area contributed by atoms with Crippen LogP contribution < -0.4 is 16.1 Å². The molecular weight excluding hydrogens is 336 g/mol. The fourth-order valence-electron chi connectivity index (χ4n) is 2.32. The highest BCUT2D eigenvalue weighted by atomic mass is 16.6. The molecule has 0 fully saturated rings. The Morgan fingerprint density at radius 3 is 2.58 bits per heavy atom. The van der Waals surface area contributed by atoms with Gasteiger partial charge in [-0.25, -0.2) is 4.79 Å². The van der Waals surface area contributed by atoms with Crippen LogP contribution in [0, 0.1) is 0 Å². The molecule has 0 aliphatic heterocycles. The monoisotopic (exact) mass is 360 g/mol. The number of fused-ring (bicyclic) bond motifs is 1. The van der Waals surface area contributed by atoms with E-state index in [1.165, 1.54) is 6.20 Å². The first-order valence-corrected chi connectivity index (χ1v) is 8.45. The number of carbonyl (C=O) groups is 2. The Morgan fingerprint density at radius 1 is 1.15 bits per heavy atom. The average molecular weight is 360 g/mol. The molecule has 0 bridgehead atoms. The average Bonchev–Trinajstić information content (AvgIpc) is 2.57. The molecule has 2 amide bonds. The second-order valence-electron chi connectivity index (χ2n) is 6.78. The third kappa shape index (κ3) is 5.87. The number of aromatic nitrogens is 2. The lowest BCUT2D eigenvalue weighted by molar-refractivity contribution is -0.121. The molecule has 2 N–H and O–H groups in total. The number of nitrogens with zero attached hydrogens (tertiary/aromatic N) is 2. The summed E-state index contributed by atoms with van der Waals surface area (Å²) in [5.74, 6) is -0.166. The van der Waals surface area contributed by atoms with Crippen molar-refractivity contribution in [1.29, 1.82) is 0 Å². The van der Waals surface area contributed by atoms with Crippen molar-refractivity contribution in [3.8, 4) is 0 Å². The molecule has 0 saturated heterocycles. The van der Waals surface area contributed by atoms with Gasteiger partial charge in [0.1, 0.15) is 5.60 Å². The smallest absolute Gasteiger partial charge is 0.407 e. The van der Waals surface area contributed by atoms with Gasteiger partial charge in [0, 0.05) is 24.9 Å². The minimum atomic E-state index is -0.556. The fraction of sp³-hybridized carbons (Fsp3) is 0.444. The van der Waals surface area contributed by atoms with Gasteiger partial charge < -0.3 is 15.4 Å². The van der Waals surface area contributed by atoms with E-state index in [1.54, 1.807) is 43.7 Å². The maximum Gasteiger partial charge on any atom is 0.407 e. The molecule has 1 aromatic carbocycles. The predicted octanol–water partition coefficient (Wildman–Crippen LogP) is 1.43. The van der Waals surface area contributed by atoms with Gasteiger partial charge in [0.25, 0.3) is 0 Å². The molecule has 26 heavy (non-hydrogen) atoms. The molecule has 0 unspecified atom stereocenters. The number of nitrogens with one attached hydrogen (secondary N) is 2. The molecule has 0 radical (unpaired) electrons. The standard InChI is InChI=1S/C18H24N4O4/c1-18(2,3)26-17(25)20-10-9-19-16(24)8-11-22-14-7-5-4-6-13(14)15(23)12-21-22/h4-7,12H,8-11H2,1-3H3,(H,19,24)(H,20,25). The minimum Gasteiger partial charge on any atom is -0.444 e. The summed E-state index contributed by atoms with van der Waals surface area (Å²) in [5, 5.41) is 9.95. The largest absolute Gasteiger partial charge is 0.444 e. The number of para-hydroxylation sites is 1. The van der Waals surface area contributed by atoms with Crippen LogP contribution in [0.5, 0.6) is 0 Å². The topological polar surface area (TPSA) is 102 Å². The van der Waals surface area contributed by atoms with Crippen molar-refractivity contribution in [2.45, 2.75) is 39.3 Å². The van der Waals surface area contributed by atoms with Crippen LogP contribution in [0.2, 0.25) is 0 Å². The van der Waals surface area contributed by atoms with Crippen LogP contribution >= 0.6 is 0 Å². The summed E-state index contributed by atoms with van der Waals surface area (Å²) in [5.41, 5.74) is -0.00567. The SMILES string of the molecule is CC(C)(C)OC(=O)NCCNC(=O)CCn1ncc(=O)c2ccccc21. The molecule has 1 aromatic heterocycles. The Morgan fingerprint density at radius 2 is 1.85 bits per heavy atom. The van der Waals surface area contributed by atoms with Gasteiger partial charge in [-0.1, -0.05) is 12.1 Å². The van der Waals surface area contributed by atoms with E-state index < -0.39 is 11.7 Å². The first-order chi connectivity index (χ1) is 12.3. The van der Waals surface area contributed by atoms with E-state index in [0.717, 1.165) is 0 Å². The van der Waals surface area contributed by atoms with Crippen LogP contribution in [0.3, 0.4) is 0 Å². The maximum absolute atomic E-state index is 11.9. The highest BCUT2D eigenvalue weighted by Crippen LogP contribution is 2.08. The Kier molecular flexibility index (Phi) is 6.32. The van der Waals surface area contributed by atoms with E-state index in [9.17, 15) is 14.4 Å². The number of aryl methyl sites for hydroxylation is 1. The zero-order valence-corrected chi connectivity index (χ0v) is 15.2. The van der Waals surface area contributed by atoms with E-state index >= 15 is 0 Å². The molecular formula is C18H24N4O4. The molecule has 0 aliphatic carbocycles. The zero-order valence-electron chi connectivity index (χ0n) is 15.2. The lowest BCUT2D eigenvalue weighted by Gasteiger charge is -2.19. The zero-order chi connectivity index (χ0) is 19.2. The lowest BCUT2D eigenvalue weighted by atomic mass is 10.2. The molecule has 8 heteroatoms. The Hall–Kier alpha value is -2.90. The highest BCUT2D eigenvalue weighted by Gasteiger charge is 2.15. The Balaban J connectivity index is 1.77. The van der Waals surface area contributed by atoms with Crippen LogP contribution in [0.1, 0.15) is 27.2 Å². The summed E-state index contributed by atoms with van der Waals surface area (Å²) < 4.78 is 6.73. The molecule has 2 rings (SSSR count). The van der Waals surface area contributed by atoms with Crippen molar-refractivity contribution >= 4 is 22.9 Å². The Labute approximate surface area is 151 Å². The minimum absolute atomic E-state index is 0.144. The van der Waals surface area contributed by atoms with Gasteiger partial charge >= 0.3 is 6.09 Å². The highest BCUT2D eigenvalue weighted by molar-refractivity contribution is 5.79. The van der Waals surface area contributed by atoms with E-state index in [1.807, 2.05) is 6.07 Å². The van der Waals surface area contributed by atoms with Crippen LogP contribution in [0.4, 0.5) is 4.79 Å². The number of ether oxygens (including phenoxy) is 1. The van der Waals surface area contributed by atoms with Gasteiger partial charge in [-0.3, -0.25) is 14.3 Å². The molecule has 0 spiro atoms. The van der Waals surface area contributed by atoms with Crippen molar-refractivity contribution in [2.24, 2.45) is 0 Å². The molecule has 8 nitrogen and oxygen atoms in total. The van der Waals surface area contributed by atoms with Crippen molar-refractivity contribution in [1.82, 2.24) is 20.4 Å². The van der Waals surface area contributed by atoms with Crippen LogP contribution in [-0.4, -0.2) is 40.5 Å². The van der Waals surface area contributed by atoms with E-state index in [0.29, 0.717) is 24.0 Å². The quantitative estimate of drug-likeness (QED) is 0.759. The fourth-order valence-corrected chi connectivity index (χ4v) is 2.32. The third-order valence-corrected chi connectivity index (χ3v) is 3.43. The van der Waals surface area contributed by atoms with Gasteiger partial charge in [0.15, 0.2) is 0 Å². The summed E-state index contributed by atoms with van der Waals surface area (Å²) >= 11 is 0. The van der Waals surface area contributed by atoms with Crippen molar-refractivity contribution < 1.29 is 14.3 Å². The normalized spacial score (nSPS) is 11.2. The van der Waals surface area contributed by atoms with Crippen molar-refractivity contribution in [3.63, 3.8) is 0 Å². The van der Waals surface area contributed by atoms with Crippen LogP contribution in [0.15, 0.2) is 35.3 Å². The first kappa shape index (κ1) is 19.4. The van der Waals surface area contributed by atoms with Gasteiger partial charge in [-0.2, -0.15) is 5.10 Å². The lowest BCUT2D eigenvalue weighted by Crippen LogP contribution is -2.38. The Bertz CT molecular complexity index is 839. The molecule has 0 aliphatic rings. The summed E-state index contributed by atoms with van der Waals surface area (Å²) in [6.07, 6.45) is 0.952. The second-order valence-corrected chi connectivity index (χ2v) is 6.78. The van der Waals surface area contributed by atoms with Crippen molar-refractivity contribution in [2.75, 3.05) is 13.1 Å². The number of carbonyl (C=O) groups excluding carboxylic acids is 2. The van der Waals surface area contributed by atoms with Gasteiger partial charge in [0.2, 0.25) is 11.3 Å². The predicted molar refractivity (Wildman–Crippen MR) is 97.9 cm³/mol. The summed E-state index contributed by atoms with van der Waals surface area (Å²) in [4.78, 5) is 35.2. The number of hydrogen-bond donors (Lipinski definition) is 2.